The minimum atomic E-state index is -3.85. The second-order valence-electron chi connectivity index (χ2n) is 7.29. The van der Waals surface area contributed by atoms with Crippen LogP contribution in [0, 0.1) is 6.92 Å². The molecule has 2 aromatic carbocycles. The molecule has 0 saturated carbocycles. The smallest absolute Gasteiger partial charge is 0.268 e. The molecule has 1 saturated heterocycles. The van der Waals surface area contributed by atoms with E-state index >= 15 is 0 Å². The van der Waals surface area contributed by atoms with Crippen LogP contribution < -0.4 is 9.04 Å². The van der Waals surface area contributed by atoms with Gasteiger partial charge in [-0.2, -0.15) is 4.31 Å². The Labute approximate surface area is 177 Å². The number of hydrogen-bond donors (Lipinski definition) is 0. The van der Waals surface area contributed by atoms with Crippen molar-refractivity contribution in [3.05, 3.63) is 47.5 Å². The molecule has 0 aliphatic carbocycles. The fourth-order valence-electron chi connectivity index (χ4n) is 3.80. The van der Waals surface area contributed by atoms with E-state index in [2.05, 4.69) is 0 Å². The summed E-state index contributed by atoms with van der Waals surface area (Å²) in [5.41, 5.74) is 2.00. The lowest BCUT2D eigenvalue weighted by Gasteiger charge is -2.26. The number of benzene rings is 2. The molecule has 30 heavy (non-hydrogen) atoms. The van der Waals surface area contributed by atoms with Gasteiger partial charge in [0.2, 0.25) is 10.0 Å². The molecule has 0 radical (unpaired) electrons. The lowest BCUT2D eigenvalue weighted by molar-refractivity contribution is 0.0730. The van der Waals surface area contributed by atoms with Crippen molar-refractivity contribution in [3.8, 4) is 5.75 Å². The number of methoxy groups -OCH3 is 1. The zero-order valence-corrected chi connectivity index (χ0v) is 18.5. The Balaban J connectivity index is 1.70. The van der Waals surface area contributed by atoms with Crippen molar-refractivity contribution in [1.82, 2.24) is 4.31 Å². The molecule has 0 atom stereocenters. The molecule has 0 amide bonds. The molecule has 0 spiro atoms. The van der Waals surface area contributed by atoms with Gasteiger partial charge in [-0.25, -0.2) is 16.8 Å². The van der Waals surface area contributed by atoms with Crippen molar-refractivity contribution < 1.29 is 26.3 Å². The minimum Gasteiger partial charge on any atom is -0.495 e. The summed E-state index contributed by atoms with van der Waals surface area (Å²) in [6.07, 6.45) is 0.440. The van der Waals surface area contributed by atoms with Crippen LogP contribution in [-0.2, 0) is 31.2 Å². The van der Waals surface area contributed by atoms with Gasteiger partial charge in [0.05, 0.1) is 30.9 Å². The van der Waals surface area contributed by atoms with Crippen LogP contribution in [-0.4, -0.2) is 61.1 Å². The summed E-state index contributed by atoms with van der Waals surface area (Å²) in [5, 5.41) is 0. The third-order valence-electron chi connectivity index (χ3n) is 5.40. The quantitative estimate of drug-likeness (QED) is 0.687. The summed E-state index contributed by atoms with van der Waals surface area (Å²) in [7, 11) is -6.06. The Kier molecular flexibility index (Phi) is 5.52. The highest BCUT2D eigenvalue weighted by Crippen LogP contribution is 2.37. The monoisotopic (exact) mass is 452 g/mol. The second kappa shape index (κ2) is 7.84. The first-order chi connectivity index (χ1) is 14.2. The first-order valence-corrected chi connectivity index (χ1v) is 12.5. The van der Waals surface area contributed by atoms with E-state index in [0.29, 0.717) is 44.0 Å². The number of aryl methyl sites for hydroxylation is 1. The van der Waals surface area contributed by atoms with Crippen molar-refractivity contribution in [1.29, 1.82) is 0 Å². The van der Waals surface area contributed by atoms with Gasteiger partial charge in [0.25, 0.3) is 10.0 Å². The van der Waals surface area contributed by atoms with E-state index in [1.165, 1.54) is 21.8 Å². The summed E-state index contributed by atoms with van der Waals surface area (Å²) in [4.78, 5) is 0.276. The normalized spacial score (nSPS) is 17.7. The third kappa shape index (κ3) is 3.58. The van der Waals surface area contributed by atoms with Crippen LogP contribution in [0.1, 0.15) is 11.1 Å². The molecule has 0 unspecified atom stereocenters. The number of ether oxygens (including phenoxy) is 2. The molecule has 2 aromatic rings. The number of nitrogens with zero attached hydrogens (tertiary/aromatic N) is 2. The molecule has 2 aliphatic heterocycles. The van der Waals surface area contributed by atoms with Crippen LogP contribution in [0.4, 0.5) is 5.69 Å². The van der Waals surface area contributed by atoms with Gasteiger partial charge < -0.3 is 9.47 Å². The molecule has 0 bridgehead atoms. The van der Waals surface area contributed by atoms with E-state index in [-0.39, 0.29) is 22.1 Å². The van der Waals surface area contributed by atoms with Crippen molar-refractivity contribution in [3.63, 3.8) is 0 Å². The van der Waals surface area contributed by atoms with Gasteiger partial charge in [0.15, 0.2) is 0 Å². The van der Waals surface area contributed by atoms with Gasteiger partial charge in [-0.05, 0) is 54.8 Å². The van der Waals surface area contributed by atoms with Gasteiger partial charge in [0, 0.05) is 19.6 Å². The number of anilines is 1. The topological polar surface area (TPSA) is 93.2 Å². The highest BCUT2D eigenvalue weighted by Gasteiger charge is 2.35. The van der Waals surface area contributed by atoms with Crippen LogP contribution in [0.5, 0.6) is 5.75 Å². The van der Waals surface area contributed by atoms with E-state index in [0.717, 1.165) is 5.56 Å². The predicted molar refractivity (Wildman–Crippen MR) is 112 cm³/mol. The van der Waals surface area contributed by atoms with Gasteiger partial charge >= 0.3 is 0 Å². The van der Waals surface area contributed by atoms with Gasteiger partial charge in [-0.3, -0.25) is 4.31 Å². The van der Waals surface area contributed by atoms with E-state index in [1.807, 2.05) is 6.92 Å². The largest absolute Gasteiger partial charge is 0.495 e. The predicted octanol–water partition coefficient (Wildman–Crippen LogP) is 1.78. The van der Waals surface area contributed by atoms with Crippen LogP contribution in [0.15, 0.2) is 46.2 Å². The number of hydrogen-bond acceptors (Lipinski definition) is 6. The maximum atomic E-state index is 13.4. The fraction of sp³-hybridized carbons (Fsp3) is 0.400. The maximum absolute atomic E-state index is 13.4. The number of morpholine rings is 1. The van der Waals surface area contributed by atoms with E-state index < -0.39 is 20.0 Å². The Morgan fingerprint density at radius 1 is 0.933 bits per heavy atom. The number of fused-ring (bicyclic) bond motifs is 1. The second-order valence-corrected chi connectivity index (χ2v) is 11.1. The third-order valence-corrected chi connectivity index (χ3v) is 9.13. The molecule has 162 valence electrons. The Bertz CT molecular complexity index is 1170. The maximum Gasteiger partial charge on any atom is 0.268 e. The van der Waals surface area contributed by atoms with Crippen LogP contribution in [0.25, 0.3) is 0 Å². The Morgan fingerprint density at radius 2 is 1.67 bits per heavy atom. The SMILES string of the molecule is COc1ccc(C)cc1S(=O)(=O)N1CCc2cc(S(=O)(=O)N3CCOCC3)ccc21. The molecular formula is C20H24N2O6S2. The summed E-state index contributed by atoms with van der Waals surface area (Å²) in [5.74, 6) is 0.278. The minimum absolute atomic E-state index is 0.0999. The Hall–Kier alpha value is -2.14. The first-order valence-electron chi connectivity index (χ1n) is 9.63. The average Bonchev–Trinajstić information content (AvgIpc) is 3.18. The summed E-state index contributed by atoms with van der Waals surface area (Å²) >= 11 is 0. The lowest BCUT2D eigenvalue weighted by Crippen LogP contribution is -2.40. The highest BCUT2D eigenvalue weighted by atomic mass is 32.2. The lowest BCUT2D eigenvalue weighted by atomic mass is 10.2. The van der Waals surface area contributed by atoms with Crippen molar-refractivity contribution in [2.24, 2.45) is 0 Å². The Morgan fingerprint density at radius 3 is 2.37 bits per heavy atom. The zero-order valence-electron chi connectivity index (χ0n) is 16.9. The molecule has 0 aromatic heterocycles. The molecule has 2 heterocycles. The molecule has 2 aliphatic rings. The highest BCUT2D eigenvalue weighted by molar-refractivity contribution is 7.93. The fourth-order valence-corrected chi connectivity index (χ4v) is 7.00. The standard InChI is InChI=1S/C20H24N2O6S2/c1-15-3-6-19(27-2)20(13-15)30(25,26)22-8-7-16-14-17(4-5-18(16)22)29(23,24)21-9-11-28-12-10-21/h3-6,13-14H,7-12H2,1-2H3. The van der Waals surface area contributed by atoms with Crippen molar-refractivity contribution >= 4 is 25.7 Å². The van der Waals surface area contributed by atoms with Gasteiger partial charge in [-0.1, -0.05) is 6.07 Å². The van der Waals surface area contributed by atoms with Crippen LogP contribution in [0.3, 0.4) is 0 Å². The van der Waals surface area contributed by atoms with Gasteiger partial charge in [-0.15, -0.1) is 0 Å². The van der Waals surface area contributed by atoms with Crippen LogP contribution >= 0.6 is 0 Å². The van der Waals surface area contributed by atoms with E-state index in [4.69, 9.17) is 9.47 Å². The molecule has 10 heteroatoms. The molecular weight excluding hydrogens is 428 g/mol. The van der Waals surface area contributed by atoms with Gasteiger partial charge in [0.1, 0.15) is 10.6 Å². The zero-order chi connectivity index (χ0) is 21.5. The molecule has 8 nitrogen and oxygen atoms in total. The summed E-state index contributed by atoms with van der Waals surface area (Å²) < 4.78 is 65.8. The molecule has 4 rings (SSSR count). The van der Waals surface area contributed by atoms with Crippen molar-refractivity contribution in [2.45, 2.75) is 23.1 Å². The summed E-state index contributed by atoms with van der Waals surface area (Å²) in [6, 6.07) is 9.66. The van der Waals surface area contributed by atoms with Crippen LogP contribution in [0.2, 0.25) is 0 Å². The first kappa shape index (κ1) is 21.1. The van der Waals surface area contributed by atoms with E-state index in [9.17, 15) is 16.8 Å². The molecule has 0 N–H and O–H groups in total. The van der Waals surface area contributed by atoms with E-state index in [1.54, 1.807) is 30.3 Å². The van der Waals surface area contributed by atoms with Crippen molar-refractivity contribution in [2.75, 3.05) is 44.3 Å². The number of rotatable bonds is 5. The number of sulfonamides is 2. The summed E-state index contributed by atoms with van der Waals surface area (Å²) in [6.45, 7) is 3.43. The average molecular weight is 453 g/mol. The molecule has 1 fully saturated rings.